The monoisotopic (exact) mass is 254 g/mol. The fourth-order valence-electron chi connectivity index (χ4n) is 1.86. The first kappa shape index (κ1) is 12.6. The number of para-hydroxylation sites is 1. The molecule has 2 aromatic rings. The van der Waals surface area contributed by atoms with Gasteiger partial charge in [0.1, 0.15) is 5.75 Å². The molecule has 0 bridgehead atoms. The van der Waals surface area contributed by atoms with E-state index in [1.165, 1.54) is 5.19 Å². The van der Waals surface area contributed by atoms with Crippen molar-refractivity contribution in [1.82, 2.24) is 0 Å². The largest absolute Gasteiger partial charge is 0.540 e. The Labute approximate surface area is 110 Å². The summed E-state index contributed by atoms with van der Waals surface area (Å²) < 4.78 is 6.17. The molecule has 2 heteroatoms. The van der Waals surface area contributed by atoms with E-state index in [4.69, 9.17) is 4.43 Å². The highest BCUT2D eigenvalue weighted by atomic mass is 28.4. The lowest BCUT2D eigenvalue weighted by atomic mass is 10.2. The van der Waals surface area contributed by atoms with Crippen LogP contribution in [0.1, 0.15) is 5.56 Å². The first-order valence-electron chi connectivity index (χ1n) is 6.09. The highest BCUT2D eigenvalue weighted by Crippen LogP contribution is 2.15. The Morgan fingerprint density at radius 2 is 1.56 bits per heavy atom. The minimum Gasteiger partial charge on any atom is -0.540 e. The maximum atomic E-state index is 6.17. The summed E-state index contributed by atoms with van der Waals surface area (Å²) in [5.41, 5.74) is 1.14. The second-order valence-electron chi connectivity index (χ2n) is 4.75. The summed E-state index contributed by atoms with van der Waals surface area (Å²) in [6.07, 6.45) is 1.86. The van der Waals surface area contributed by atoms with Crippen molar-refractivity contribution in [2.75, 3.05) is 0 Å². The van der Waals surface area contributed by atoms with Gasteiger partial charge in [-0.3, -0.25) is 0 Å². The van der Waals surface area contributed by atoms with Gasteiger partial charge < -0.3 is 4.43 Å². The predicted molar refractivity (Wildman–Crippen MR) is 80.7 cm³/mol. The zero-order chi connectivity index (χ0) is 13.0. The van der Waals surface area contributed by atoms with E-state index in [-0.39, 0.29) is 0 Å². The van der Waals surface area contributed by atoms with Crippen LogP contribution in [0.5, 0.6) is 5.75 Å². The van der Waals surface area contributed by atoms with Crippen LogP contribution in [0, 0.1) is 0 Å². The third kappa shape index (κ3) is 2.90. The van der Waals surface area contributed by atoms with Crippen LogP contribution in [0.4, 0.5) is 0 Å². The second-order valence-corrected chi connectivity index (χ2v) is 8.55. The first-order valence-corrected chi connectivity index (χ1v) is 9.00. The van der Waals surface area contributed by atoms with Gasteiger partial charge >= 0.3 is 0 Å². The minimum absolute atomic E-state index is 0.946. The third-order valence-electron chi connectivity index (χ3n) is 2.96. The first-order chi connectivity index (χ1) is 8.62. The molecule has 1 nitrogen and oxygen atoms in total. The van der Waals surface area contributed by atoms with Crippen molar-refractivity contribution >= 4 is 19.6 Å². The molecule has 18 heavy (non-hydrogen) atoms. The van der Waals surface area contributed by atoms with E-state index in [1.807, 2.05) is 36.4 Å². The van der Waals surface area contributed by atoms with Crippen LogP contribution in [0.25, 0.3) is 6.08 Å². The fourth-order valence-corrected chi connectivity index (χ4v) is 3.68. The van der Waals surface area contributed by atoms with E-state index in [0.29, 0.717) is 0 Å². The zero-order valence-corrected chi connectivity index (χ0v) is 11.9. The topological polar surface area (TPSA) is 9.23 Å². The van der Waals surface area contributed by atoms with Crippen LogP contribution in [-0.4, -0.2) is 8.32 Å². The van der Waals surface area contributed by atoms with Gasteiger partial charge in [0.05, 0.1) is 0 Å². The van der Waals surface area contributed by atoms with Gasteiger partial charge in [-0.25, -0.2) is 0 Å². The van der Waals surface area contributed by atoms with Gasteiger partial charge in [-0.1, -0.05) is 55.1 Å². The van der Waals surface area contributed by atoms with Crippen LogP contribution < -0.4 is 9.61 Å². The quantitative estimate of drug-likeness (QED) is 0.754. The minimum atomic E-state index is -1.89. The van der Waals surface area contributed by atoms with E-state index in [2.05, 4.69) is 43.9 Å². The molecule has 0 saturated carbocycles. The molecule has 2 rings (SSSR count). The number of rotatable bonds is 4. The van der Waals surface area contributed by atoms with Crippen molar-refractivity contribution in [3.05, 3.63) is 66.7 Å². The average molecular weight is 254 g/mol. The predicted octanol–water partition coefficient (Wildman–Crippen LogP) is 3.82. The second kappa shape index (κ2) is 5.23. The summed E-state index contributed by atoms with van der Waals surface area (Å²) in [7, 11) is -1.89. The van der Waals surface area contributed by atoms with Gasteiger partial charge in [-0.2, -0.15) is 0 Å². The van der Waals surface area contributed by atoms with Crippen LogP contribution in [0.15, 0.2) is 61.2 Å². The molecular formula is C16H18OSi. The SMILES string of the molecule is C=Cc1ccc([Si](C)(C)Oc2ccccc2)cc1. The molecule has 0 radical (unpaired) electrons. The van der Waals surface area contributed by atoms with Crippen molar-refractivity contribution in [1.29, 1.82) is 0 Å². The highest BCUT2D eigenvalue weighted by molar-refractivity contribution is 6.84. The molecule has 0 atom stereocenters. The van der Waals surface area contributed by atoms with E-state index in [9.17, 15) is 0 Å². The van der Waals surface area contributed by atoms with Crippen LogP contribution in [0.3, 0.4) is 0 Å². The van der Waals surface area contributed by atoms with Gasteiger partial charge in [-0.05, 0) is 36.0 Å². The van der Waals surface area contributed by atoms with E-state index >= 15 is 0 Å². The molecule has 0 amide bonds. The van der Waals surface area contributed by atoms with Crippen LogP contribution in [-0.2, 0) is 0 Å². The molecule has 2 aromatic carbocycles. The van der Waals surface area contributed by atoms with Crippen molar-refractivity contribution in [3.63, 3.8) is 0 Å². The maximum Gasteiger partial charge on any atom is 0.276 e. The van der Waals surface area contributed by atoms with Crippen molar-refractivity contribution in [3.8, 4) is 5.75 Å². The standard InChI is InChI=1S/C16H18OSi/c1-4-14-10-12-16(13-11-14)18(2,3)17-15-8-6-5-7-9-15/h4-13H,1H2,2-3H3. The van der Waals surface area contributed by atoms with E-state index < -0.39 is 8.32 Å². The average Bonchev–Trinajstić information content (AvgIpc) is 2.39. The van der Waals surface area contributed by atoms with Crippen molar-refractivity contribution < 1.29 is 4.43 Å². The Morgan fingerprint density at radius 1 is 0.944 bits per heavy atom. The molecular weight excluding hydrogens is 236 g/mol. The summed E-state index contributed by atoms with van der Waals surface area (Å²) >= 11 is 0. The summed E-state index contributed by atoms with van der Waals surface area (Å²) in [4.78, 5) is 0. The highest BCUT2D eigenvalue weighted by Gasteiger charge is 2.26. The van der Waals surface area contributed by atoms with Gasteiger partial charge in [0.15, 0.2) is 0 Å². The van der Waals surface area contributed by atoms with E-state index in [1.54, 1.807) is 0 Å². The molecule has 0 N–H and O–H groups in total. The summed E-state index contributed by atoms with van der Waals surface area (Å²) in [6, 6.07) is 18.5. The van der Waals surface area contributed by atoms with Crippen LogP contribution in [0.2, 0.25) is 13.1 Å². The molecule has 0 spiro atoms. The number of hydrogen-bond acceptors (Lipinski definition) is 1. The molecule has 0 aliphatic carbocycles. The Balaban J connectivity index is 2.21. The summed E-state index contributed by atoms with van der Waals surface area (Å²) in [5.74, 6) is 0.946. The molecule has 0 aliphatic heterocycles. The molecule has 0 aromatic heterocycles. The lowest BCUT2D eigenvalue weighted by molar-refractivity contribution is 0.564. The lowest BCUT2D eigenvalue weighted by Gasteiger charge is -2.24. The Bertz CT molecular complexity index is 515. The Hall–Kier alpha value is -1.80. The number of hydrogen-bond donors (Lipinski definition) is 0. The molecule has 0 saturated heterocycles. The smallest absolute Gasteiger partial charge is 0.276 e. The third-order valence-corrected chi connectivity index (χ3v) is 5.43. The summed E-state index contributed by atoms with van der Waals surface area (Å²) in [6.45, 7) is 8.19. The molecule has 0 heterocycles. The van der Waals surface area contributed by atoms with Crippen molar-refractivity contribution in [2.24, 2.45) is 0 Å². The van der Waals surface area contributed by atoms with E-state index in [0.717, 1.165) is 11.3 Å². The summed E-state index contributed by atoms with van der Waals surface area (Å²) in [5, 5.41) is 1.29. The Morgan fingerprint density at radius 3 is 2.11 bits per heavy atom. The molecule has 0 aliphatic rings. The normalized spacial score (nSPS) is 11.0. The molecule has 0 fully saturated rings. The van der Waals surface area contributed by atoms with Crippen LogP contribution >= 0.6 is 0 Å². The van der Waals surface area contributed by atoms with Gasteiger partial charge in [0.25, 0.3) is 8.32 Å². The lowest BCUT2D eigenvalue weighted by Crippen LogP contribution is -2.47. The van der Waals surface area contributed by atoms with Gasteiger partial charge in [-0.15, -0.1) is 0 Å². The van der Waals surface area contributed by atoms with Gasteiger partial charge in [0.2, 0.25) is 0 Å². The zero-order valence-electron chi connectivity index (χ0n) is 10.9. The van der Waals surface area contributed by atoms with Gasteiger partial charge in [0, 0.05) is 0 Å². The maximum absolute atomic E-state index is 6.17. The Kier molecular flexibility index (Phi) is 3.68. The molecule has 92 valence electrons. The number of benzene rings is 2. The molecule has 0 unspecified atom stereocenters. The fraction of sp³-hybridized carbons (Fsp3) is 0.125. The van der Waals surface area contributed by atoms with Crippen molar-refractivity contribution in [2.45, 2.75) is 13.1 Å².